The molecule has 0 bridgehead atoms. The number of hydrogen-bond donors (Lipinski definition) is 2. The Morgan fingerprint density at radius 2 is 2.39 bits per heavy atom. The number of ether oxygens (including phenoxy) is 1. The monoisotopic (exact) mass is 252 g/mol. The van der Waals surface area contributed by atoms with Gasteiger partial charge in [-0.25, -0.2) is 14.4 Å². The Kier molecular flexibility index (Phi) is 2.46. The fourth-order valence-electron chi connectivity index (χ4n) is 1.84. The van der Waals surface area contributed by atoms with Gasteiger partial charge >= 0.3 is 0 Å². The summed E-state index contributed by atoms with van der Waals surface area (Å²) < 4.78 is 20.1. The Morgan fingerprint density at radius 1 is 1.56 bits per heavy atom. The number of aromatic nitrogens is 4. The topological polar surface area (TPSA) is 93.0 Å². The zero-order valence-electron chi connectivity index (χ0n) is 9.08. The van der Waals surface area contributed by atoms with Crippen molar-refractivity contribution in [2.24, 2.45) is 0 Å². The van der Waals surface area contributed by atoms with Crippen LogP contribution in [0, 0.1) is 0 Å². The van der Waals surface area contributed by atoms with Crippen LogP contribution in [-0.2, 0) is 4.74 Å². The smallest absolute Gasteiger partial charge is 0.278 e. The molecule has 1 aliphatic rings. The first-order valence-corrected chi connectivity index (χ1v) is 5.24. The number of hydrogen-bond acceptors (Lipinski definition) is 5. The standard InChI is InChI=1S/C10H9FN4O3/c11-5-1-7(18-6(5)2-16)15-4-14-8-9(15)12-3-13-10(8)17/h1,3-4,6-7,16H,2H2,(H,12,13,17)/t6-,7-/m0/s1. The number of nitrogens with zero attached hydrogens (tertiary/aromatic N) is 3. The molecule has 3 rings (SSSR count). The highest BCUT2D eigenvalue weighted by Crippen LogP contribution is 2.28. The molecular weight excluding hydrogens is 243 g/mol. The quantitative estimate of drug-likeness (QED) is 0.776. The number of nitrogens with one attached hydrogen (secondary N) is 1. The third kappa shape index (κ3) is 1.54. The first-order valence-electron chi connectivity index (χ1n) is 5.24. The molecule has 2 aromatic heterocycles. The van der Waals surface area contributed by atoms with E-state index in [4.69, 9.17) is 9.84 Å². The highest BCUT2D eigenvalue weighted by molar-refractivity contribution is 5.69. The second kappa shape index (κ2) is 4.00. The van der Waals surface area contributed by atoms with E-state index in [1.807, 2.05) is 0 Å². The molecule has 2 aromatic rings. The van der Waals surface area contributed by atoms with Crippen LogP contribution < -0.4 is 5.56 Å². The lowest BCUT2D eigenvalue weighted by Gasteiger charge is -2.13. The van der Waals surface area contributed by atoms with Crippen LogP contribution in [0.5, 0.6) is 0 Å². The summed E-state index contributed by atoms with van der Waals surface area (Å²) >= 11 is 0. The zero-order valence-corrected chi connectivity index (χ0v) is 9.08. The van der Waals surface area contributed by atoms with Gasteiger partial charge in [0, 0.05) is 0 Å². The fourth-order valence-corrected chi connectivity index (χ4v) is 1.84. The van der Waals surface area contributed by atoms with E-state index in [0.29, 0.717) is 5.65 Å². The van der Waals surface area contributed by atoms with E-state index in [-0.39, 0.29) is 11.1 Å². The van der Waals surface area contributed by atoms with Crippen LogP contribution in [0.25, 0.3) is 11.2 Å². The van der Waals surface area contributed by atoms with Crippen molar-refractivity contribution in [2.45, 2.75) is 12.3 Å². The number of aromatic amines is 1. The Bertz CT molecular complexity index is 677. The molecule has 0 fully saturated rings. The van der Waals surface area contributed by atoms with Gasteiger partial charge in [0.2, 0.25) is 0 Å². The Morgan fingerprint density at radius 3 is 3.11 bits per heavy atom. The predicted molar refractivity (Wildman–Crippen MR) is 58.3 cm³/mol. The van der Waals surface area contributed by atoms with Crippen molar-refractivity contribution in [1.82, 2.24) is 19.5 Å². The van der Waals surface area contributed by atoms with E-state index in [9.17, 15) is 9.18 Å². The number of H-pyrrole nitrogens is 1. The number of halogens is 1. The zero-order chi connectivity index (χ0) is 12.7. The van der Waals surface area contributed by atoms with Crippen LogP contribution in [0.1, 0.15) is 6.23 Å². The summed E-state index contributed by atoms with van der Waals surface area (Å²) in [5.74, 6) is -0.547. The molecule has 0 amide bonds. The summed E-state index contributed by atoms with van der Waals surface area (Å²) in [6, 6.07) is 0. The van der Waals surface area contributed by atoms with Gasteiger partial charge in [-0.05, 0) is 6.08 Å². The van der Waals surface area contributed by atoms with Crippen LogP contribution in [0.2, 0.25) is 0 Å². The lowest BCUT2D eigenvalue weighted by atomic mass is 10.3. The van der Waals surface area contributed by atoms with E-state index in [2.05, 4.69) is 15.0 Å². The normalized spacial score (nSPS) is 23.6. The van der Waals surface area contributed by atoms with Gasteiger partial charge < -0.3 is 14.8 Å². The van der Waals surface area contributed by atoms with Crippen molar-refractivity contribution >= 4 is 11.2 Å². The molecule has 0 unspecified atom stereocenters. The van der Waals surface area contributed by atoms with Gasteiger partial charge in [0.25, 0.3) is 5.56 Å². The van der Waals surface area contributed by atoms with E-state index in [1.165, 1.54) is 23.3 Å². The molecule has 0 spiro atoms. The predicted octanol–water partition coefficient (Wildman–Crippen LogP) is -0.137. The van der Waals surface area contributed by atoms with Gasteiger partial charge in [0.15, 0.2) is 17.4 Å². The third-order valence-electron chi connectivity index (χ3n) is 2.72. The summed E-state index contributed by atoms with van der Waals surface area (Å²) in [6.07, 6.45) is 2.06. The van der Waals surface area contributed by atoms with Crippen LogP contribution in [0.15, 0.2) is 29.4 Å². The summed E-state index contributed by atoms with van der Waals surface area (Å²) in [7, 11) is 0. The van der Waals surface area contributed by atoms with Crippen molar-refractivity contribution in [1.29, 1.82) is 0 Å². The van der Waals surface area contributed by atoms with Crippen molar-refractivity contribution in [3.05, 3.63) is 34.9 Å². The molecule has 0 aliphatic carbocycles. The first kappa shape index (κ1) is 11.1. The molecule has 0 saturated carbocycles. The maximum atomic E-state index is 13.4. The molecule has 3 heterocycles. The first-order chi connectivity index (χ1) is 8.70. The number of rotatable bonds is 2. The van der Waals surface area contributed by atoms with Gasteiger partial charge in [-0.1, -0.05) is 0 Å². The Hall–Kier alpha value is -2.06. The number of fused-ring (bicyclic) bond motifs is 1. The van der Waals surface area contributed by atoms with Crippen molar-refractivity contribution in [3.63, 3.8) is 0 Å². The lowest BCUT2D eigenvalue weighted by molar-refractivity contribution is -0.0163. The molecule has 7 nitrogen and oxygen atoms in total. The maximum Gasteiger partial charge on any atom is 0.278 e. The fraction of sp³-hybridized carbons (Fsp3) is 0.300. The molecule has 0 radical (unpaired) electrons. The summed E-state index contributed by atoms with van der Waals surface area (Å²) in [4.78, 5) is 21.7. The summed E-state index contributed by atoms with van der Waals surface area (Å²) in [6.45, 7) is -0.445. The average molecular weight is 252 g/mol. The second-order valence-electron chi connectivity index (χ2n) is 3.81. The molecule has 2 N–H and O–H groups in total. The van der Waals surface area contributed by atoms with E-state index in [1.54, 1.807) is 0 Å². The van der Waals surface area contributed by atoms with Crippen molar-refractivity contribution in [3.8, 4) is 0 Å². The maximum absolute atomic E-state index is 13.4. The van der Waals surface area contributed by atoms with Gasteiger partial charge in [-0.2, -0.15) is 0 Å². The van der Waals surface area contributed by atoms with Crippen molar-refractivity contribution in [2.75, 3.05) is 6.61 Å². The molecular formula is C10H9FN4O3. The Labute approximate surface area is 99.6 Å². The van der Waals surface area contributed by atoms with Crippen LogP contribution in [0.4, 0.5) is 4.39 Å². The molecule has 94 valence electrons. The molecule has 0 saturated heterocycles. The average Bonchev–Trinajstić information content (AvgIpc) is 2.93. The van der Waals surface area contributed by atoms with Crippen LogP contribution in [0.3, 0.4) is 0 Å². The highest BCUT2D eigenvalue weighted by atomic mass is 19.1. The van der Waals surface area contributed by atoms with Gasteiger partial charge in [0.05, 0.1) is 19.3 Å². The van der Waals surface area contributed by atoms with E-state index < -0.39 is 24.8 Å². The molecule has 18 heavy (non-hydrogen) atoms. The van der Waals surface area contributed by atoms with Crippen LogP contribution in [-0.4, -0.2) is 37.3 Å². The molecule has 8 heteroatoms. The number of aliphatic hydroxyl groups is 1. The summed E-state index contributed by atoms with van der Waals surface area (Å²) in [5.41, 5.74) is 0.0775. The number of imidazole rings is 1. The minimum Gasteiger partial charge on any atom is -0.393 e. The molecule has 1 aliphatic heterocycles. The largest absolute Gasteiger partial charge is 0.393 e. The summed E-state index contributed by atoms with van der Waals surface area (Å²) in [5, 5.41) is 8.91. The molecule has 0 aromatic carbocycles. The van der Waals surface area contributed by atoms with Gasteiger partial charge in [-0.15, -0.1) is 0 Å². The second-order valence-corrected chi connectivity index (χ2v) is 3.81. The SMILES string of the molecule is O=c1[nH]cnc2c1ncn2[C@@H]1C=C(F)[C@H](CO)O1. The van der Waals surface area contributed by atoms with E-state index in [0.717, 1.165) is 0 Å². The minimum absolute atomic E-state index is 0.155. The minimum atomic E-state index is -0.977. The highest BCUT2D eigenvalue weighted by Gasteiger charge is 2.29. The van der Waals surface area contributed by atoms with Gasteiger partial charge in [0.1, 0.15) is 11.9 Å². The third-order valence-corrected chi connectivity index (χ3v) is 2.72. The lowest BCUT2D eigenvalue weighted by Crippen LogP contribution is -2.17. The molecule has 2 atom stereocenters. The van der Waals surface area contributed by atoms with E-state index >= 15 is 0 Å². The van der Waals surface area contributed by atoms with Crippen molar-refractivity contribution < 1.29 is 14.2 Å². The van der Waals surface area contributed by atoms with Crippen LogP contribution >= 0.6 is 0 Å². The Balaban J connectivity index is 2.07. The van der Waals surface area contributed by atoms with Gasteiger partial charge in [-0.3, -0.25) is 9.36 Å². The number of aliphatic hydroxyl groups excluding tert-OH is 1.